The van der Waals surface area contributed by atoms with Crippen molar-refractivity contribution in [1.82, 2.24) is 9.47 Å². The van der Waals surface area contributed by atoms with Crippen LogP contribution < -0.4 is 11.4 Å². The first-order chi connectivity index (χ1) is 10.4. The highest BCUT2D eigenvalue weighted by molar-refractivity contribution is 5.73. The topological polar surface area (TPSA) is 235 Å². The molecule has 0 fully saturated rings. The van der Waals surface area contributed by atoms with E-state index in [4.69, 9.17) is 21.2 Å². The lowest BCUT2D eigenvalue weighted by Crippen LogP contribution is -2.34. The number of phenols is 5. The lowest BCUT2D eigenvalue weighted by molar-refractivity contribution is -0.328. The van der Waals surface area contributed by atoms with E-state index < -0.39 is 57.4 Å². The number of phenolic OH excluding ortho intramolecular Hbond substituents is 5. The van der Waals surface area contributed by atoms with Crippen LogP contribution in [0, 0.1) is 0 Å². The van der Waals surface area contributed by atoms with Crippen LogP contribution in [-0.2, 0) is 5.97 Å². The van der Waals surface area contributed by atoms with Crippen LogP contribution in [0.15, 0.2) is 4.79 Å². The van der Waals surface area contributed by atoms with E-state index in [1.807, 2.05) is 0 Å². The SMILES string of the molecule is Nn1c(C(O)(O)O)c(O)c(=O)n1-c1c(O)c(O)c(O)c(O)c1O. The third-order valence-electron chi connectivity index (χ3n) is 2.94. The summed E-state index contributed by atoms with van der Waals surface area (Å²) in [7, 11) is 0. The Kier molecular flexibility index (Phi) is 3.22. The molecule has 0 spiro atoms. The molecule has 1 aromatic heterocycles. The van der Waals surface area contributed by atoms with Crippen LogP contribution in [0.1, 0.15) is 5.69 Å². The van der Waals surface area contributed by atoms with E-state index in [9.17, 15) is 35.4 Å². The van der Waals surface area contributed by atoms with E-state index in [2.05, 4.69) is 0 Å². The van der Waals surface area contributed by atoms with Crippen LogP contribution in [0.5, 0.6) is 34.5 Å². The van der Waals surface area contributed by atoms with Gasteiger partial charge in [0.2, 0.25) is 23.0 Å². The minimum absolute atomic E-state index is 0.0222. The summed E-state index contributed by atoms with van der Waals surface area (Å²) < 4.78 is -0.0222. The molecule has 0 aliphatic rings. The zero-order chi connectivity index (χ0) is 17.9. The van der Waals surface area contributed by atoms with Crippen molar-refractivity contribution in [3.63, 3.8) is 0 Å². The molecule has 1 heterocycles. The molecule has 0 atom stereocenters. The number of hydrogen-bond acceptors (Lipinski definition) is 11. The number of nitrogens with two attached hydrogens (primary N) is 1. The number of aliphatic hydroxyl groups is 3. The first-order valence-corrected chi connectivity index (χ1v) is 5.60. The molecule has 0 unspecified atom stereocenters. The van der Waals surface area contributed by atoms with Gasteiger partial charge in [-0.15, -0.1) is 0 Å². The molecule has 0 aliphatic heterocycles. The van der Waals surface area contributed by atoms with Gasteiger partial charge >= 0.3 is 11.5 Å². The van der Waals surface area contributed by atoms with Gasteiger partial charge in [0.05, 0.1) is 0 Å². The molecule has 0 saturated carbocycles. The van der Waals surface area contributed by atoms with Crippen LogP contribution in [0.25, 0.3) is 5.69 Å². The van der Waals surface area contributed by atoms with Gasteiger partial charge in [-0.1, -0.05) is 0 Å². The van der Waals surface area contributed by atoms with Crippen LogP contribution in [0.3, 0.4) is 0 Å². The fraction of sp³-hybridized carbons (Fsp3) is 0.100. The van der Waals surface area contributed by atoms with Crippen molar-refractivity contribution >= 4 is 0 Å². The highest BCUT2D eigenvalue weighted by Crippen LogP contribution is 2.52. The van der Waals surface area contributed by atoms with Crippen molar-refractivity contribution in [3.05, 3.63) is 16.0 Å². The number of hydrogen-bond donors (Lipinski definition) is 10. The molecule has 11 N–H and O–H groups in total. The van der Waals surface area contributed by atoms with Gasteiger partial charge in [-0.3, -0.25) is 4.79 Å². The average molecular weight is 333 g/mol. The molecule has 0 saturated heterocycles. The molecular formula is C10H11N3O10. The molecule has 13 heteroatoms. The van der Waals surface area contributed by atoms with Crippen molar-refractivity contribution in [2.24, 2.45) is 0 Å². The summed E-state index contributed by atoms with van der Waals surface area (Å²) in [6.07, 6.45) is 0. The predicted octanol–water partition coefficient (Wildman–Crippen LogP) is -3.33. The van der Waals surface area contributed by atoms with Crippen molar-refractivity contribution in [1.29, 1.82) is 0 Å². The van der Waals surface area contributed by atoms with E-state index in [1.165, 1.54) is 0 Å². The largest absolute Gasteiger partial charge is 0.503 e. The third-order valence-corrected chi connectivity index (χ3v) is 2.94. The van der Waals surface area contributed by atoms with Gasteiger partial charge in [-0.25, -0.2) is 0 Å². The van der Waals surface area contributed by atoms with Gasteiger partial charge in [0, 0.05) is 0 Å². The standard InChI is InChI=1S/C10H11N3O10/c11-13-8(10(21,22)23)7(19)9(20)12(13)1-2(14)4(16)6(18)5(17)3(1)15/h14-19,21-23H,11H2. The van der Waals surface area contributed by atoms with Gasteiger partial charge in [-0.2, -0.15) is 9.47 Å². The van der Waals surface area contributed by atoms with Crippen LogP contribution in [0.2, 0.25) is 0 Å². The summed E-state index contributed by atoms with van der Waals surface area (Å²) in [6, 6.07) is 0. The van der Waals surface area contributed by atoms with Gasteiger partial charge in [0.1, 0.15) is 0 Å². The first-order valence-electron chi connectivity index (χ1n) is 5.60. The summed E-state index contributed by atoms with van der Waals surface area (Å²) in [4.78, 5) is 11.8. The maximum absolute atomic E-state index is 11.9. The number of rotatable bonds is 2. The molecule has 2 aromatic rings. The number of aromatic nitrogens is 2. The fourth-order valence-corrected chi connectivity index (χ4v) is 1.90. The molecule has 0 amide bonds. The summed E-state index contributed by atoms with van der Waals surface area (Å²) in [5.74, 6) is -6.71. The second kappa shape index (κ2) is 4.60. The minimum atomic E-state index is -3.78. The average Bonchev–Trinajstić information content (AvgIpc) is 2.66. The zero-order valence-electron chi connectivity index (χ0n) is 10.9. The Morgan fingerprint density at radius 1 is 0.739 bits per heavy atom. The highest BCUT2D eigenvalue weighted by atomic mass is 16.7. The Balaban J connectivity index is 2.99. The maximum Gasteiger partial charge on any atom is 0.328 e. The fourth-order valence-electron chi connectivity index (χ4n) is 1.90. The van der Waals surface area contributed by atoms with E-state index in [-0.39, 0.29) is 9.47 Å². The third kappa shape index (κ3) is 2.03. The first kappa shape index (κ1) is 16.1. The Morgan fingerprint density at radius 3 is 1.48 bits per heavy atom. The molecule has 0 bridgehead atoms. The monoisotopic (exact) mass is 333 g/mol. The number of nitrogen functional groups attached to an aromatic ring is 1. The van der Waals surface area contributed by atoms with Crippen LogP contribution in [-0.4, -0.2) is 55.4 Å². The Hall–Kier alpha value is -3.29. The van der Waals surface area contributed by atoms with Crippen molar-refractivity contribution in [2.75, 3.05) is 5.84 Å². The van der Waals surface area contributed by atoms with Gasteiger partial charge in [0.15, 0.2) is 22.9 Å². The van der Waals surface area contributed by atoms with Crippen LogP contribution in [0.4, 0.5) is 0 Å². The molecule has 0 aliphatic carbocycles. The molecule has 0 radical (unpaired) electrons. The van der Waals surface area contributed by atoms with E-state index in [0.717, 1.165) is 0 Å². The molecule has 1 aromatic carbocycles. The highest BCUT2D eigenvalue weighted by Gasteiger charge is 2.37. The molecule has 23 heavy (non-hydrogen) atoms. The van der Waals surface area contributed by atoms with Crippen molar-refractivity contribution in [3.8, 4) is 40.2 Å². The minimum Gasteiger partial charge on any atom is -0.503 e. The summed E-state index contributed by atoms with van der Waals surface area (Å²) in [5, 5.41) is 84.2. The molecule has 2 rings (SSSR count). The Labute approximate surface area is 124 Å². The molecule has 13 nitrogen and oxygen atoms in total. The van der Waals surface area contributed by atoms with Crippen molar-refractivity contribution < 1.29 is 46.0 Å². The zero-order valence-corrected chi connectivity index (χ0v) is 10.9. The quantitative estimate of drug-likeness (QED) is 0.113. The van der Waals surface area contributed by atoms with E-state index in [0.29, 0.717) is 0 Å². The van der Waals surface area contributed by atoms with E-state index in [1.54, 1.807) is 0 Å². The number of nitrogens with zero attached hydrogens (tertiary/aromatic N) is 2. The number of aromatic hydroxyl groups is 6. The smallest absolute Gasteiger partial charge is 0.328 e. The summed E-state index contributed by atoms with van der Waals surface area (Å²) in [5.41, 5.74) is -4.07. The summed E-state index contributed by atoms with van der Waals surface area (Å²) >= 11 is 0. The van der Waals surface area contributed by atoms with Crippen molar-refractivity contribution in [2.45, 2.75) is 5.97 Å². The predicted molar refractivity (Wildman–Crippen MR) is 68.5 cm³/mol. The molecular weight excluding hydrogens is 322 g/mol. The van der Waals surface area contributed by atoms with Gasteiger partial charge < -0.3 is 51.8 Å². The second-order valence-corrected chi connectivity index (χ2v) is 4.39. The van der Waals surface area contributed by atoms with E-state index >= 15 is 0 Å². The normalized spacial score (nSPS) is 11.8. The Bertz CT molecular complexity index is 830. The lowest BCUT2D eigenvalue weighted by atomic mass is 10.2. The molecule has 126 valence electrons. The van der Waals surface area contributed by atoms with Gasteiger partial charge in [-0.05, 0) is 0 Å². The van der Waals surface area contributed by atoms with Crippen LogP contribution >= 0.6 is 0 Å². The maximum atomic E-state index is 11.9. The number of benzene rings is 1. The Morgan fingerprint density at radius 2 is 1.13 bits per heavy atom. The van der Waals surface area contributed by atoms with Gasteiger partial charge in [0.25, 0.3) is 0 Å². The second-order valence-electron chi connectivity index (χ2n) is 4.39. The lowest BCUT2D eigenvalue weighted by Gasteiger charge is -2.17. The summed E-state index contributed by atoms with van der Waals surface area (Å²) in [6.45, 7) is 0.